The molecule has 0 fully saturated rings. The second kappa shape index (κ2) is 3.37. The third-order valence-electron chi connectivity index (χ3n) is 1.65. The van der Waals surface area contributed by atoms with Gasteiger partial charge in [0.05, 0.1) is 0 Å². The molecule has 0 N–H and O–H groups in total. The van der Waals surface area contributed by atoms with Gasteiger partial charge in [-0.2, -0.15) is 0 Å². The maximum atomic E-state index is 10.5. The highest BCUT2D eigenvalue weighted by Gasteiger charge is 2.06. The minimum atomic E-state index is 0.329. The summed E-state index contributed by atoms with van der Waals surface area (Å²) in [6, 6.07) is 1.53. The Hall–Kier alpha value is -2.04. The number of hydrogen-bond donors (Lipinski definition) is 0. The van der Waals surface area contributed by atoms with Crippen LogP contribution in [0, 0.1) is 6.92 Å². The van der Waals surface area contributed by atoms with Crippen molar-refractivity contribution >= 4 is 6.29 Å². The zero-order chi connectivity index (χ0) is 9.97. The summed E-state index contributed by atoms with van der Waals surface area (Å²) in [4.78, 5) is 22.5. The Morgan fingerprint density at radius 3 is 2.93 bits per heavy atom. The summed E-state index contributed by atoms with van der Waals surface area (Å²) >= 11 is 0. The molecule has 5 heteroatoms. The normalized spacial score (nSPS) is 10.1. The first kappa shape index (κ1) is 8.55. The zero-order valence-electron chi connectivity index (χ0n) is 7.47. The molecule has 2 aromatic rings. The highest BCUT2D eigenvalue weighted by Crippen LogP contribution is 2.12. The third kappa shape index (κ3) is 1.52. The van der Waals surface area contributed by atoms with E-state index in [0.717, 1.165) is 0 Å². The van der Waals surface area contributed by atoms with Crippen molar-refractivity contribution in [2.75, 3.05) is 0 Å². The molecule has 0 saturated carbocycles. The molecule has 0 aliphatic rings. The second-order valence-electron chi connectivity index (χ2n) is 2.67. The van der Waals surface area contributed by atoms with Gasteiger partial charge in [0.2, 0.25) is 0 Å². The van der Waals surface area contributed by atoms with Crippen LogP contribution >= 0.6 is 0 Å². The standard InChI is InChI=1S/C9H7N3O2/c1-6-11-8(5-14-6)9-10-3-2-7(4-13)12-9/h2-5H,1H3. The quantitative estimate of drug-likeness (QED) is 0.665. The van der Waals surface area contributed by atoms with Gasteiger partial charge >= 0.3 is 0 Å². The Balaban J connectivity index is 2.46. The van der Waals surface area contributed by atoms with E-state index < -0.39 is 0 Å². The maximum absolute atomic E-state index is 10.5. The molecule has 70 valence electrons. The van der Waals surface area contributed by atoms with E-state index in [1.54, 1.807) is 6.92 Å². The molecule has 0 aliphatic carbocycles. The molecule has 0 amide bonds. The van der Waals surface area contributed by atoms with Crippen molar-refractivity contribution in [1.29, 1.82) is 0 Å². The van der Waals surface area contributed by atoms with E-state index in [4.69, 9.17) is 4.42 Å². The molecule has 0 aromatic carbocycles. The first-order valence-electron chi connectivity index (χ1n) is 4.00. The van der Waals surface area contributed by atoms with Gasteiger partial charge in [0, 0.05) is 13.1 Å². The molecule has 5 nitrogen and oxygen atoms in total. The minimum absolute atomic E-state index is 0.329. The van der Waals surface area contributed by atoms with Gasteiger partial charge in [0.25, 0.3) is 0 Å². The van der Waals surface area contributed by atoms with Gasteiger partial charge in [0.15, 0.2) is 18.0 Å². The molecule has 2 heterocycles. The molecular formula is C9H7N3O2. The van der Waals surface area contributed by atoms with Crippen LogP contribution in [0.1, 0.15) is 16.4 Å². The fraction of sp³-hybridized carbons (Fsp3) is 0.111. The lowest BCUT2D eigenvalue weighted by molar-refractivity contribution is 0.111. The molecular weight excluding hydrogens is 182 g/mol. The number of nitrogens with zero attached hydrogens (tertiary/aromatic N) is 3. The number of carbonyl (C=O) groups is 1. The van der Waals surface area contributed by atoms with Gasteiger partial charge in [-0.25, -0.2) is 15.0 Å². The van der Waals surface area contributed by atoms with Crippen LogP contribution in [0.2, 0.25) is 0 Å². The summed E-state index contributed by atoms with van der Waals surface area (Å²) < 4.78 is 5.01. The Kier molecular flexibility index (Phi) is 2.06. The first-order chi connectivity index (χ1) is 6.79. The Labute approximate surface area is 79.8 Å². The molecule has 0 atom stereocenters. The molecule has 2 rings (SSSR count). The average molecular weight is 189 g/mol. The molecule has 0 saturated heterocycles. The number of aryl methyl sites for hydroxylation is 1. The number of carbonyl (C=O) groups excluding carboxylic acids is 1. The lowest BCUT2D eigenvalue weighted by Gasteiger charge is -1.93. The second-order valence-corrected chi connectivity index (χ2v) is 2.67. The summed E-state index contributed by atoms with van der Waals surface area (Å²) in [7, 11) is 0. The lowest BCUT2D eigenvalue weighted by atomic mass is 10.4. The summed E-state index contributed by atoms with van der Waals surface area (Å²) in [6.07, 6.45) is 3.63. The summed E-state index contributed by atoms with van der Waals surface area (Å²) in [5.74, 6) is 0.937. The van der Waals surface area contributed by atoms with Gasteiger partial charge in [-0.05, 0) is 6.07 Å². The van der Waals surface area contributed by atoms with Crippen LogP contribution in [0.5, 0.6) is 0 Å². The summed E-state index contributed by atoms with van der Waals surface area (Å²) in [5, 5.41) is 0. The third-order valence-corrected chi connectivity index (χ3v) is 1.65. The van der Waals surface area contributed by atoms with E-state index in [0.29, 0.717) is 29.4 Å². The monoisotopic (exact) mass is 189 g/mol. The van der Waals surface area contributed by atoms with Crippen LogP contribution in [0.3, 0.4) is 0 Å². The Morgan fingerprint density at radius 1 is 1.43 bits per heavy atom. The number of aromatic nitrogens is 3. The first-order valence-corrected chi connectivity index (χ1v) is 4.00. The van der Waals surface area contributed by atoms with Gasteiger partial charge in [-0.1, -0.05) is 0 Å². The zero-order valence-corrected chi connectivity index (χ0v) is 7.47. The van der Waals surface area contributed by atoms with E-state index in [1.807, 2.05) is 0 Å². The summed E-state index contributed by atoms with van der Waals surface area (Å²) in [6.45, 7) is 1.73. The topological polar surface area (TPSA) is 68.9 Å². The van der Waals surface area contributed by atoms with E-state index >= 15 is 0 Å². The van der Waals surface area contributed by atoms with Gasteiger partial charge < -0.3 is 4.42 Å². The minimum Gasteiger partial charge on any atom is -0.449 e. The van der Waals surface area contributed by atoms with Crippen molar-refractivity contribution in [3.05, 3.63) is 30.1 Å². The van der Waals surface area contributed by atoms with Crippen molar-refractivity contribution < 1.29 is 9.21 Å². The van der Waals surface area contributed by atoms with Crippen molar-refractivity contribution in [3.8, 4) is 11.5 Å². The van der Waals surface area contributed by atoms with Crippen molar-refractivity contribution in [2.24, 2.45) is 0 Å². The van der Waals surface area contributed by atoms with Gasteiger partial charge in [-0.3, -0.25) is 4.79 Å². The van der Waals surface area contributed by atoms with Crippen molar-refractivity contribution in [3.63, 3.8) is 0 Å². The maximum Gasteiger partial charge on any atom is 0.191 e. The number of aldehydes is 1. The van der Waals surface area contributed by atoms with Crippen LogP contribution in [0.15, 0.2) is 22.9 Å². The smallest absolute Gasteiger partial charge is 0.191 e. The van der Waals surface area contributed by atoms with Crippen LogP contribution in [0.25, 0.3) is 11.5 Å². The lowest BCUT2D eigenvalue weighted by Crippen LogP contribution is -1.93. The highest BCUT2D eigenvalue weighted by molar-refractivity contribution is 5.72. The predicted molar refractivity (Wildman–Crippen MR) is 47.7 cm³/mol. The molecule has 0 bridgehead atoms. The summed E-state index contributed by atoms with van der Waals surface area (Å²) in [5.41, 5.74) is 0.863. The average Bonchev–Trinajstić information content (AvgIpc) is 2.65. The largest absolute Gasteiger partial charge is 0.449 e. The van der Waals surface area contributed by atoms with Crippen LogP contribution in [0.4, 0.5) is 0 Å². The van der Waals surface area contributed by atoms with Crippen LogP contribution in [-0.4, -0.2) is 21.2 Å². The number of oxazole rings is 1. The SMILES string of the molecule is Cc1nc(-c2nccc(C=O)n2)co1. The molecule has 0 radical (unpaired) electrons. The van der Waals surface area contributed by atoms with Crippen LogP contribution < -0.4 is 0 Å². The Morgan fingerprint density at radius 2 is 2.29 bits per heavy atom. The van der Waals surface area contributed by atoms with Gasteiger partial charge in [0.1, 0.15) is 17.7 Å². The fourth-order valence-corrected chi connectivity index (χ4v) is 1.03. The predicted octanol–water partition coefficient (Wildman–Crippen LogP) is 1.25. The number of rotatable bonds is 2. The molecule has 0 unspecified atom stereocenters. The van der Waals surface area contributed by atoms with Crippen molar-refractivity contribution in [2.45, 2.75) is 6.92 Å². The molecule has 0 spiro atoms. The van der Waals surface area contributed by atoms with Crippen LogP contribution in [-0.2, 0) is 0 Å². The number of hydrogen-bond acceptors (Lipinski definition) is 5. The van der Waals surface area contributed by atoms with E-state index in [2.05, 4.69) is 15.0 Å². The van der Waals surface area contributed by atoms with Gasteiger partial charge in [-0.15, -0.1) is 0 Å². The fourth-order valence-electron chi connectivity index (χ4n) is 1.03. The van der Waals surface area contributed by atoms with Crippen molar-refractivity contribution in [1.82, 2.24) is 15.0 Å². The highest BCUT2D eigenvalue weighted by atomic mass is 16.3. The van der Waals surface area contributed by atoms with E-state index in [-0.39, 0.29) is 0 Å². The van der Waals surface area contributed by atoms with E-state index in [9.17, 15) is 4.79 Å². The van der Waals surface area contributed by atoms with E-state index in [1.165, 1.54) is 18.5 Å². The molecule has 2 aromatic heterocycles. The Bertz CT molecular complexity index is 465. The molecule has 0 aliphatic heterocycles. The molecule has 14 heavy (non-hydrogen) atoms.